The fourth-order valence-electron chi connectivity index (χ4n) is 1.67. The normalized spacial score (nSPS) is 9.71. The lowest BCUT2D eigenvalue weighted by Crippen LogP contribution is -2.37. The zero-order chi connectivity index (χ0) is 17.5. The highest BCUT2D eigenvalue weighted by Gasteiger charge is 2.07. The van der Waals surface area contributed by atoms with Gasteiger partial charge >= 0.3 is 0 Å². The average molecular weight is 380 g/mol. The third-order valence-corrected chi connectivity index (χ3v) is 3.73. The van der Waals surface area contributed by atoms with Gasteiger partial charge in [0.25, 0.3) is 5.91 Å². The quantitative estimate of drug-likeness (QED) is 0.791. The minimum Gasteiger partial charge on any atom is -0.484 e. The van der Waals surface area contributed by atoms with E-state index in [2.05, 4.69) is 10.6 Å². The van der Waals surface area contributed by atoms with Crippen LogP contribution in [0.1, 0.15) is 5.56 Å². The lowest BCUT2D eigenvalue weighted by molar-refractivity contribution is -0.121. The first-order valence-electron chi connectivity index (χ1n) is 6.67. The van der Waals surface area contributed by atoms with Gasteiger partial charge < -0.3 is 10.1 Å². The summed E-state index contributed by atoms with van der Waals surface area (Å²) in [6.07, 6.45) is 0. The lowest BCUT2D eigenvalue weighted by Gasteiger charge is -2.10. The highest BCUT2D eigenvalue weighted by atomic mass is 35.5. The summed E-state index contributed by atoms with van der Waals surface area (Å²) in [5, 5.41) is 14.9. The van der Waals surface area contributed by atoms with E-state index in [0.29, 0.717) is 27.0 Å². The van der Waals surface area contributed by atoms with Gasteiger partial charge in [-0.05, 0) is 48.6 Å². The average Bonchev–Trinajstić information content (AvgIpc) is 2.56. The number of thiocarbonyl (C=S) groups is 1. The van der Waals surface area contributed by atoms with Crippen LogP contribution >= 0.6 is 35.4 Å². The number of hydrogen-bond donors (Lipinski definition) is 2. The number of halogens is 2. The molecule has 0 atom stereocenters. The van der Waals surface area contributed by atoms with Crippen molar-refractivity contribution in [1.82, 2.24) is 5.32 Å². The molecule has 0 saturated carbocycles. The number of rotatable bonds is 4. The van der Waals surface area contributed by atoms with Gasteiger partial charge in [0.2, 0.25) is 0 Å². The molecule has 0 unspecified atom stereocenters. The molecule has 0 aromatic heterocycles. The highest BCUT2D eigenvalue weighted by Crippen LogP contribution is 2.26. The molecule has 0 aliphatic carbocycles. The van der Waals surface area contributed by atoms with E-state index < -0.39 is 5.91 Å². The van der Waals surface area contributed by atoms with E-state index >= 15 is 0 Å². The molecule has 8 heteroatoms. The van der Waals surface area contributed by atoms with Crippen LogP contribution in [0.5, 0.6) is 5.75 Å². The number of nitriles is 1. The molecule has 0 aliphatic rings. The Kier molecular flexibility index (Phi) is 6.38. The van der Waals surface area contributed by atoms with E-state index in [-0.39, 0.29) is 11.7 Å². The Balaban J connectivity index is 1.81. The fourth-order valence-corrected chi connectivity index (χ4v) is 2.19. The van der Waals surface area contributed by atoms with Crippen molar-refractivity contribution in [1.29, 1.82) is 5.26 Å². The Bertz CT molecular complexity index is 804. The van der Waals surface area contributed by atoms with Crippen molar-refractivity contribution in [3.8, 4) is 11.8 Å². The minimum absolute atomic E-state index is 0.127. The Labute approximate surface area is 154 Å². The summed E-state index contributed by atoms with van der Waals surface area (Å²) in [6.45, 7) is -0.229. The summed E-state index contributed by atoms with van der Waals surface area (Å²) in [7, 11) is 0. The molecular weight excluding hydrogens is 369 g/mol. The summed E-state index contributed by atoms with van der Waals surface area (Å²) in [5.41, 5.74) is 1.19. The van der Waals surface area contributed by atoms with E-state index in [0.717, 1.165) is 0 Å². The number of nitrogens with zero attached hydrogens (tertiary/aromatic N) is 1. The first-order valence-corrected chi connectivity index (χ1v) is 7.83. The molecule has 0 aliphatic heterocycles. The third kappa shape index (κ3) is 5.39. The zero-order valence-corrected chi connectivity index (χ0v) is 14.5. The van der Waals surface area contributed by atoms with E-state index in [4.69, 9.17) is 45.4 Å². The standard InChI is InChI=1S/C16H11Cl2N3O2S/c17-13-6-5-12(7-14(13)18)23-9-15(22)21-16(24)20-11-3-1-10(8-19)2-4-11/h1-7H,9H2,(H2,20,21,22,24). The smallest absolute Gasteiger partial charge is 0.264 e. The molecule has 2 rings (SSSR count). The second kappa shape index (κ2) is 8.50. The largest absolute Gasteiger partial charge is 0.484 e. The van der Waals surface area contributed by atoms with Crippen LogP contribution in [0.4, 0.5) is 5.69 Å². The first-order chi connectivity index (χ1) is 11.5. The number of nitrogens with one attached hydrogen (secondary N) is 2. The van der Waals surface area contributed by atoms with Gasteiger partial charge in [0.15, 0.2) is 11.7 Å². The van der Waals surface area contributed by atoms with Crippen molar-refractivity contribution in [2.24, 2.45) is 0 Å². The molecule has 122 valence electrons. The van der Waals surface area contributed by atoms with Crippen LogP contribution in [0.15, 0.2) is 42.5 Å². The van der Waals surface area contributed by atoms with Crippen LogP contribution in [-0.4, -0.2) is 17.6 Å². The van der Waals surface area contributed by atoms with Gasteiger partial charge in [0.1, 0.15) is 5.75 Å². The van der Waals surface area contributed by atoms with Gasteiger partial charge in [-0.2, -0.15) is 5.26 Å². The number of carbonyl (C=O) groups excluding carboxylic acids is 1. The molecule has 2 aromatic carbocycles. The van der Waals surface area contributed by atoms with Crippen LogP contribution in [0.3, 0.4) is 0 Å². The second-order valence-electron chi connectivity index (χ2n) is 4.56. The number of benzene rings is 2. The van der Waals surface area contributed by atoms with Crippen LogP contribution in [0.2, 0.25) is 10.0 Å². The number of ether oxygens (including phenoxy) is 1. The maximum atomic E-state index is 11.8. The SMILES string of the molecule is N#Cc1ccc(NC(=S)NC(=O)COc2ccc(Cl)c(Cl)c2)cc1. The Morgan fingerprint density at radius 3 is 2.50 bits per heavy atom. The fraction of sp³-hybridized carbons (Fsp3) is 0.0625. The Morgan fingerprint density at radius 2 is 1.88 bits per heavy atom. The van der Waals surface area contributed by atoms with Gasteiger partial charge in [-0.1, -0.05) is 23.2 Å². The maximum Gasteiger partial charge on any atom is 0.264 e. The summed E-state index contributed by atoms with van der Waals surface area (Å²) >= 11 is 16.7. The molecule has 24 heavy (non-hydrogen) atoms. The van der Waals surface area contributed by atoms with Gasteiger partial charge in [-0.15, -0.1) is 0 Å². The van der Waals surface area contributed by atoms with Crippen molar-refractivity contribution < 1.29 is 9.53 Å². The van der Waals surface area contributed by atoms with Gasteiger partial charge in [-0.3, -0.25) is 10.1 Å². The Hall–Kier alpha value is -2.33. The van der Waals surface area contributed by atoms with Gasteiger partial charge in [0.05, 0.1) is 21.7 Å². The van der Waals surface area contributed by atoms with E-state index in [9.17, 15) is 4.79 Å². The second-order valence-corrected chi connectivity index (χ2v) is 5.78. The molecule has 1 amide bonds. The van der Waals surface area contributed by atoms with Crippen molar-refractivity contribution in [2.45, 2.75) is 0 Å². The van der Waals surface area contributed by atoms with Crippen molar-refractivity contribution in [3.05, 3.63) is 58.1 Å². The van der Waals surface area contributed by atoms with Crippen molar-refractivity contribution in [2.75, 3.05) is 11.9 Å². The number of amides is 1. The summed E-state index contributed by atoms with van der Waals surface area (Å²) in [5.74, 6) is -0.00210. The minimum atomic E-state index is -0.424. The molecular formula is C16H11Cl2N3O2S. The van der Waals surface area contributed by atoms with Crippen LogP contribution in [-0.2, 0) is 4.79 Å². The molecule has 0 saturated heterocycles. The third-order valence-electron chi connectivity index (χ3n) is 2.79. The predicted molar refractivity (Wildman–Crippen MR) is 97.5 cm³/mol. The zero-order valence-electron chi connectivity index (χ0n) is 12.2. The van der Waals surface area contributed by atoms with Crippen molar-refractivity contribution >= 4 is 52.1 Å². The number of hydrogen-bond acceptors (Lipinski definition) is 4. The number of carbonyl (C=O) groups is 1. The maximum absolute atomic E-state index is 11.8. The van der Waals surface area contributed by atoms with Gasteiger partial charge in [0, 0.05) is 11.8 Å². The molecule has 0 spiro atoms. The summed E-state index contributed by atoms with van der Waals surface area (Å²) < 4.78 is 5.31. The van der Waals surface area contributed by atoms with E-state index in [1.54, 1.807) is 36.4 Å². The Morgan fingerprint density at radius 1 is 1.17 bits per heavy atom. The summed E-state index contributed by atoms with van der Waals surface area (Å²) in [4.78, 5) is 11.8. The van der Waals surface area contributed by atoms with E-state index in [1.165, 1.54) is 6.07 Å². The lowest BCUT2D eigenvalue weighted by atomic mass is 10.2. The topological polar surface area (TPSA) is 74.2 Å². The molecule has 5 nitrogen and oxygen atoms in total. The molecule has 0 heterocycles. The van der Waals surface area contributed by atoms with Crippen molar-refractivity contribution in [3.63, 3.8) is 0 Å². The molecule has 2 aromatic rings. The van der Waals surface area contributed by atoms with Crippen LogP contribution in [0.25, 0.3) is 0 Å². The number of anilines is 1. The predicted octanol–water partition coefficient (Wildman–Crippen LogP) is 3.76. The van der Waals surface area contributed by atoms with Crippen LogP contribution < -0.4 is 15.4 Å². The molecule has 0 fully saturated rings. The summed E-state index contributed by atoms with van der Waals surface area (Å²) in [6, 6.07) is 13.4. The highest BCUT2D eigenvalue weighted by molar-refractivity contribution is 7.80. The monoisotopic (exact) mass is 379 g/mol. The van der Waals surface area contributed by atoms with Crippen LogP contribution in [0, 0.1) is 11.3 Å². The van der Waals surface area contributed by atoms with E-state index in [1.807, 2.05) is 6.07 Å². The molecule has 0 radical (unpaired) electrons. The molecule has 2 N–H and O–H groups in total. The van der Waals surface area contributed by atoms with Gasteiger partial charge in [-0.25, -0.2) is 0 Å². The molecule has 0 bridgehead atoms. The first kappa shape index (κ1) is 18.0.